The van der Waals surface area contributed by atoms with Crippen LogP contribution < -0.4 is 11.1 Å². The summed E-state index contributed by atoms with van der Waals surface area (Å²) in [4.78, 5) is 16.9. The Morgan fingerprint density at radius 2 is 2.15 bits per heavy atom. The summed E-state index contributed by atoms with van der Waals surface area (Å²) in [6.45, 7) is 1.81. The lowest BCUT2D eigenvalue weighted by Crippen LogP contribution is -2.23. The van der Waals surface area contributed by atoms with Crippen LogP contribution in [0.5, 0.6) is 0 Å². The van der Waals surface area contributed by atoms with Crippen LogP contribution in [-0.2, 0) is 11.2 Å². The molecule has 0 saturated carbocycles. The molecule has 1 aromatic heterocycles. The average Bonchev–Trinajstić information content (AvgIpc) is 2.78. The van der Waals surface area contributed by atoms with Crippen molar-refractivity contribution in [1.29, 1.82) is 0 Å². The maximum absolute atomic E-state index is 11.6. The number of hydrogen-bond acceptors (Lipinski definition) is 4. The number of halogens is 1. The maximum Gasteiger partial charge on any atom is 0.227 e. The second-order valence-corrected chi connectivity index (χ2v) is 6.70. The highest BCUT2D eigenvalue weighted by Crippen LogP contribution is 2.22. The summed E-state index contributed by atoms with van der Waals surface area (Å²) in [5, 5.41) is 3.40. The van der Waals surface area contributed by atoms with E-state index in [2.05, 4.69) is 38.4 Å². The van der Waals surface area contributed by atoms with Crippen LogP contribution in [-0.4, -0.2) is 16.9 Å². The van der Waals surface area contributed by atoms with Gasteiger partial charge in [0.1, 0.15) is 0 Å². The molecule has 1 atom stereocenters. The molecule has 106 valence electrons. The van der Waals surface area contributed by atoms with E-state index in [4.69, 9.17) is 5.73 Å². The predicted molar refractivity (Wildman–Crippen MR) is 86.0 cm³/mol. The molecule has 0 spiro atoms. The Morgan fingerprint density at radius 3 is 2.80 bits per heavy atom. The first kappa shape index (κ1) is 15.2. The minimum Gasteiger partial charge on any atom is -0.327 e. The molecule has 3 N–H and O–H groups in total. The smallest absolute Gasteiger partial charge is 0.227 e. The molecule has 0 fully saturated rings. The van der Waals surface area contributed by atoms with E-state index < -0.39 is 0 Å². The molecule has 1 amide bonds. The quantitative estimate of drug-likeness (QED) is 0.867. The highest BCUT2D eigenvalue weighted by molar-refractivity contribution is 9.10. The van der Waals surface area contributed by atoms with Gasteiger partial charge in [0, 0.05) is 34.4 Å². The zero-order valence-electron chi connectivity index (χ0n) is 11.1. The molecule has 2 rings (SSSR count). The summed E-state index contributed by atoms with van der Waals surface area (Å²) < 4.78 is 1.06. The van der Waals surface area contributed by atoms with Gasteiger partial charge >= 0.3 is 0 Å². The summed E-state index contributed by atoms with van der Waals surface area (Å²) in [6.07, 6.45) is 2.92. The van der Waals surface area contributed by atoms with Crippen LogP contribution >= 0.6 is 27.3 Å². The molecule has 2 aromatic rings. The largest absolute Gasteiger partial charge is 0.327 e. The van der Waals surface area contributed by atoms with Crippen molar-refractivity contribution in [2.75, 3.05) is 5.32 Å². The molecule has 0 aliphatic heterocycles. The van der Waals surface area contributed by atoms with E-state index in [-0.39, 0.29) is 11.9 Å². The van der Waals surface area contributed by atoms with Crippen molar-refractivity contribution < 1.29 is 4.79 Å². The number of rotatable bonds is 5. The molecular formula is C14H16BrN3OS. The van der Waals surface area contributed by atoms with Gasteiger partial charge in [0.05, 0.1) is 0 Å². The third-order valence-electron chi connectivity index (χ3n) is 2.60. The number of hydrogen-bond donors (Lipinski definition) is 2. The number of benzene rings is 1. The van der Waals surface area contributed by atoms with E-state index >= 15 is 0 Å². The zero-order valence-corrected chi connectivity index (χ0v) is 13.5. The van der Waals surface area contributed by atoms with Gasteiger partial charge in [-0.05, 0) is 24.6 Å². The number of nitrogens with one attached hydrogen (secondary N) is 1. The lowest BCUT2D eigenvalue weighted by atomic mass is 10.1. The third-order valence-corrected chi connectivity index (χ3v) is 4.04. The van der Waals surface area contributed by atoms with Crippen molar-refractivity contribution in [1.82, 2.24) is 4.98 Å². The molecule has 0 aliphatic rings. The van der Waals surface area contributed by atoms with Gasteiger partial charge < -0.3 is 11.1 Å². The number of anilines is 1. The molecule has 1 unspecified atom stereocenters. The molecule has 6 heteroatoms. The second kappa shape index (κ2) is 6.97. The molecule has 0 radical (unpaired) electrons. The van der Waals surface area contributed by atoms with Gasteiger partial charge in [-0.1, -0.05) is 28.1 Å². The fraction of sp³-hybridized carbons (Fsp3) is 0.286. The highest BCUT2D eigenvalue weighted by atomic mass is 79.9. The number of carbonyl (C=O) groups excluding carboxylic acids is 1. The van der Waals surface area contributed by atoms with E-state index in [1.807, 2.05) is 12.1 Å². The van der Waals surface area contributed by atoms with Gasteiger partial charge in [-0.15, -0.1) is 11.3 Å². The lowest BCUT2D eigenvalue weighted by molar-refractivity contribution is -0.116. The van der Waals surface area contributed by atoms with E-state index in [9.17, 15) is 4.79 Å². The van der Waals surface area contributed by atoms with E-state index in [1.54, 1.807) is 13.1 Å². The van der Waals surface area contributed by atoms with Gasteiger partial charge in [-0.2, -0.15) is 0 Å². The Hall–Kier alpha value is -1.24. The summed E-state index contributed by atoms with van der Waals surface area (Å²) in [5.41, 5.74) is 6.80. The fourth-order valence-electron chi connectivity index (χ4n) is 1.71. The van der Waals surface area contributed by atoms with E-state index in [0.29, 0.717) is 11.6 Å². The van der Waals surface area contributed by atoms with Gasteiger partial charge in [-0.3, -0.25) is 4.79 Å². The van der Waals surface area contributed by atoms with Crippen molar-refractivity contribution in [2.45, 2.75) is 25.8 Å². The van der Waals surface area contributed by atoms with E-state index in [0.717, 1.165) is 15.8 Å². The molecule has 20 heavy (non-hydrogen) atoms. The van der Waals surface area contributed by atoms with E-state index in [1.165, 1.54) is 16.9 Å². The third kappa shape index (κ3) is 4.70. The lowest BCUT2D eigenvalue weighted by Gasteiger charge is -2.03. The maximum atomic E-state index is 11.6. The van der Waals surface area contributed by atoms with Gasteiger partial charge in [0.2, 0.25) is 5.91 Å². The average molecular weight is 354 g/mol. The summed E-state index contributed by atoms with van der Waals surface area (Å²) in [7, 11) is 0. The summed E-state index contributed by atoms with van der Waals surface area (Å²) in [6, 6.07) is 8.02. The SMILES string of the molecule is CC(N)CC(=O)Nc1ncc(Cc2ccc(Br)cc2)s1. The normalized spacial score (nSPS) is 12.2. The Bertz CT molecular complexity index is 580. The van der Waals surface area contributed by atoms with Crippen LogP contribution in [0.15, 0.2) is 34.9 Å². The van der Waals surface area contributed by atoms with Crippen molar-refractivity contribution in [3.05, 3.63) is 45.4 Å². The minimum atomic E-state index is -0.141. The zero-order chi connectivity index (χ0) is 14.5. The number of carbonyl (C=O) groups is 1. The van der Waals surface area contributed by atoms with Gasteiger partial charge in [-0.25, -0.2) is 4.98 Å². The monoisotopic (exact) mass is 353 g/mol. The van der Waals surface area contributed by atoms with Gasteiger partial charge in [0.25, 0.3) is 0 Å². The van der Waals surface area contributed by atoms with Crippen LogP contribution in [0.1, 0.15) is 23.8 Å². The van der Waals surface area contributed by atoms with Crippen LogP contribution in [0, 0.1) is 0 Å². The molecule has 4 nitrogen and oxygen atoms in total. The number of thiazole rings is 1. The molecule has 1 aromatic carbocycles. The first-order valence-electron chi connectivity index (χ1n) is 6.27. The van der Waals surface area contributed by atoms with Crippen molar-refractivity contribution in [2.24, 2.45) is 5.73 Å². The second-order valence-electron chi connectivity index (χ2n) is 4.66. The number of nitrogens with zero attached hydrogens (tertiary/aromatic N) is 1. The summed E-state index contributed by atoms with van der Waals surface area (Å²) in [5.74, 6) is -0.0930. The van der Waals surface area contributed by atoms with Crippen LogP contribution in [0.2, 0.25) is 0 Å². The topological polar surface area (TPSA) is 68.0 Å². The Balaban J connectivity index is 1.95. The first-order chi connectivity index (χ1) is 9.52. The Labute approximate surface area is 130 Å². The standard InChI is InChI=1S/C14H16BrN3OS/c1-9(16)6-13(19)18-14-17-8-12(20-14)7-10-2-4-11(15)5-3-10/h2-5,8-9H,6-7,16H2,1H3,(H,17,18,19). The summed E-state index contributed by atoms with van der Waals surface area (Å²) >= 11 is 4.91. The van der Waals surface area contributed by atoms with Crippen molar-refractivity contribution in [3.8, 4) is 0 Å². The van der Waals surface area contributed by atoms with Crippen LogP contribution in [0.3, 0.4) is 0 Å². The number of amides is 1. The van der Waals surface area contributed by atoms with Crippen molar-refractivity contribution in [3.63, 3.8) is 0 Å². The number of nitrogens with two attached hydrogens (primary N) is 1. The predicted octanol–water partition coefficient (Wildman–Crippen LogP) is 3.17. The number of aromatic nitrogens is 1. The minimum absolute atomic E-state index is 0.0930. The highest BCUT2D eigenvalue weighted by Gasteiger charge is 2.09. The molecule has 0 saturated heterocycles. The Morgan fingerprint density at radius 1 is 1.45 bits per heavy atom. The molecule has 0 bridgehead atoms. The van der Waals surface area contributed by atoms with Crippen molar-refractivity contribution >= 4 is 38.3 Å². The first-order valence-corrected chi connectivity index (χ1v) is 7.88. The van der Waals surface area contributed by atoms with Crippen LogP contribution in [0.4, 0.5) is 5.13 Å². The van der Waals surface area contributed by atoms with Gasteiger partial charge in [0.15, 0.2) is 5.13 Å². The molecular weight excluding hydrogens is 338 g/mol. The molecule has 1 heterocycles. The molecule has 0 aliphatic carbocycles. The fourth-order valence-corrected chi connectivity index (χ4v) is 2.84. The Kier molecular flexibility index (Phi) is 5.28. The van der Waals surface area contributed by atoms with Crippen LogP contribution in [0.25, 0.3) is 0 Å².